The van der Waals surface area contributed by atoms with E-state index in [9.17, 15) is 14.7 Å². The molecular weight excluding hydrogens is 315 g/mol. The van der Waals surface area contributed by atoms with E-state index in [1.807, 2.05) is 0 Å². The summed E-state index contributed by atoms with van der Waals surface area (Å²) in [5, 5.41) is 10.4. The Morgan fingerprint density at radius 2 is 1.95 bits per heavy atom. The van der Waals surface area contributed by atoms with Crippen LogP contribution in [0.5, 0.6) is 0 Å². The molecule has 0 aliphatic heterocycles. The number of carbonyl (C=O) groups excluding carboxylic acids is 1. The molecule has 0 fully saturated rings. The number of hydrogen-bond acceptors (Lipinski definition) is 3. The van der Waals surface area contributed by atoms with Crippen molar-refractivity contribution in [2.75, 3.05) is 6.61 Å². The van der Waals surface area contributed by atoms with Gasteiger partial charge < -0.3 is 9.84 Å². The number of carboxylic acids is 1. The van der Waals surface area contributed by atoms with E-state index in [1.54, 1.807) is 32.9 Å². The Morgan fingerprint density at radius 3 is 2.38 bits per heavy atom. The summed E-state index contributed by atoms with van der Waals surface area (Å²) in [6, 6.07) is 4.77. The van der Waals surface area contributed by atoms with Crippen molar-refractivity contribution in [2.24, 2.45) is 11.3 Å². The minimum absolute atomic E-state index is 0.0468. The molecule has 1 atom stereocenters. The van der Waals surface area contributed by atoms with Crippen LogP contribution >= 0.6 is 23.2 Å². The number of benzene rings is 1. The Kier molecular flexibility index (Phi) is 6.05. The van der Waals surface area contributed by atoms with Crippen LogP contribution < -0.4 is 0 Å². The summed E-state index contributed by atoms with van der Waals surface area (Å²) in [5.74, 6) is -2.43. The highest BCUT2D eigenvalue weighted by molar-refractivity contribution is 6.35. The van der Waals surface area contributed by atoms with Crippen LogP contribution in [-0.4, -0.2) is 23.7 Å². The SMILES string of the molecule is CCOC(=O)C(Cc1ccc(Cl)cc1Cl)(C(=O)O)C(C)C. The number of halogens is 2. The number of carbonyl (C=O) groups is 2. The van der Waals surface area contributed by atoms with E-state index >= 15 is 0 Å². The Bertz CT molecular complexity index is 542. The molecule has 6 heteroatoms. The predicted octanol–water partition coefficient (Wildman–Crippen LogP) is 3.83. The highest BCUT2D eigenvalue weighted by atomic mass is 35.5. The molecule has 0 aliphatic rings. The predicted molar refractivity (Wildman–Crippen MR) is 81.7 cm³/mol. The van der Waals surface area contributed by atoms with E-state index in [-0.39, 0.29) is 13.0 Å². The first-order valence-corrected chi connectivity index (χ1v) is 7.35. The third-order valence-electron chi connectivity index (χ3n) is 3.49. The second-order valence-corrected chi connectivity index (χ2v) is 5.91. The quantitative estimate of drug-likeness (QED) is 0.635. The molecule has 4 nitrogen and oxygen atoms in total. The molecule has 116 valence electrons. The lowest BCUT2D eigenvalue weighted by atomic mass is 9.72. The van der Waals surface area contributed by atoms with Gasteiger partial charge in [-0.15, -0.1) is 0 Å². The number of aliphatic carboxylic acids is 1. The van der Waals surface area contributed by atoms with Gasteiger partial charge in [-0.1, -0.05) is 43.1 Å². The Hall–Kier alpha value is -1.26. The first-order chi connectivity index (χ1) is 9.75. The Balaban J connectivity index is 3.30. The summed E-state index contributed by atoms with van der Waals surface area (Å²) in [6.45, 7) is 5.11. The molecule has 1 aromatic carbocycles. The van der Waals surface area contributed by atoms with Gasteiger partial charge in [0.15, 0.2) is 5.41 Å². The highest BCUT2D eigenvalue weighted by Gasteiger charge is 2.50. The molecule has 0 spiro atoms. The third kappa shape index (κ3) is 3.69. The van der Waals surface area contributed by atoms with Crippen LogP contribution in [0.4, 0.5) is 0 Å². The molecule has 0 saturated carbocycles. The van der Waals surface area contributed by atoms with Gasteiger partial charge in [-0.2, -0.15) is 0 Å². The van der Waals surface area contributed by atoms with Crippen molar-refractivity contribution in [2.45, 2.75) is 27.2 Å². The van der Waals surface area contributed by atoms with Crippen LogP contribution in [0.25, 0.3) is 0 Å². The van der Waals surface area contributed by atoms with Gasteiger partial charge in [0.25, 0.3) is 0 Å². The second-order valence-electron chi connectivity index (χ2n) is 5.06. The normalized spacial score (nSPS) is 13.8. The maximum absolute atomic E-state index is 12.3. The average molecular weight is 333 g/mol. The number of carboxylic acid groups (broad SMARTS) is 1. The average Bonchev–Trinajstić information content (AvgIpc) is 2.37. The molecule has 0 amide bonds. The molecule has 0 bridgehead atoms. The van der Waals surface area contributed by atoms with E-state index in [0.29, 0.717) is 15.6 Å². The van der Waals surface area contributed by atoms with Gasteiger partial charge in [0.1, 0.15) is 0 Å². The maximum atomic E-state index is 12.3. The standard InChI is InChI=1S/C15H18Cl2O4/c1-4-21-14(20)15(9(2)3,13(18)19)8-10-5-6-11(16)7-12(10)17/h5-7,9H,4,8H2,1-3H3,(H,18,19). The number of hydrogen-bond donors (Lipinski definition) is 1. The van der Waals surface area contributed by atoms with Gasteiger partial charge in [-0.25, -0.2) is 0 Å². The summed E-state index contributed by atoms with van der Waals surface area (Å²) in [5.41, 5.74) is -1.13. The number of ether oxygens (including phenoxy) is 1. The van der Waals surface area contributed by atoms with Gasteiger partial charge in [0.2, 0.25) is 0 Å². The summed E-state index contributed by atoms with van der Waals surface area (Å²) in [4.78, 5) is 24.1. The maximum Gasteiger partial charge on any atom is 0.324 e. The van der Waals surface area contributed by atoms with Crippen LogP contribution in [0.1, 0.15) is 26.3 Å². The van der Waals surface area contributed by atoms with Gasteiger partial charge in [0.05, 0.1) is 6.61 Å². The number of esters is 1. The smallest absolute Gasteiger partial charge is 0.324 e. The van der Waals surface area contributed by atoms with Gasteiger partial charge in [0, 0.05) is 16.5 Å². The molecule has 0 saturated heterocycles. The van der Waals surface area contributed by atoms with Crippen molar-refractivity contribution in [1.82, 2.24) is 0 Å². The van der Waals surface area contributed by atoms with Crippen molar-refractivity contribution in [3.05, 3.63) is 33.8 Å². The molecule has 1 rings (SSSR count). The van der Waals surface area contributed by atoms with Gasteiger partial charge >= 0.3 is 11.9 Å². The van der Waals surface area contributed by atoms with E-state index in [4.69, 9.17) is 27.9 Å². The van der Waals surface area contributed by atoms with E-state index in [0.717, 1.165) is 0 Å². The summed E-state index contributed by atoms with van der Waals surface area (Å²) >= 11 is 11.9. The van der Waals surface area contributed by atoms with E-state index in [1.165, 1.54) is 6.07 Å². The van der Waals surface area contributed by atoms with Crippen LogP contribution in [0, 0.1) is 11.3 Å². The topological polar surface area (TPSA) is 63.6 Å². The summed E-state index contributed by atoms with van der Waals surface area (Å²) < 4.78 is 4.98. The fraction of sp³-hybridized carbons (Fsp3) is 0.467. The van der Waals surface area contributed by atoms with Crippen LogP contribution in [0.3, 0.4) is 0 Å². The lowest BCUT2D eigenvalue weighted by Crippen LogP contribution is -2.47. The third-order valence-corrected chi connectivity index (χ3v) is 4.08. The molecule has 0 aliphatic carbocycles. The first-order valence-electron chi connectivity index (χ1n) is 6.60. The van der Waals surface area contributed by atoms with Crippen molar-refractivity contribution in [1.29, 1.82) is 0 Å². The van der Waals surface area contributed by atoms with Crippen LogP contribution in [0.2, 0.25) is 10.0 Å². The van der Waals surface area contributed by atoms with Gasteiger partial charge in [-0.05, 0) is 30.5 Å². The Morgan fingerprint density at radius 1 is 1.33 bits per heavy atom. The monoisotopic (exact) mass is 332 g/mol. The number of rotatable bonds is 6. The van der Waals surface area contributed by atoms with Crippen molar-refractivity contribution in [3.8, 4) is 0 Å². The van der Waals surface area contributed by atoms with Crippen molar-refractivity contribution < 1.29 is 19.4 Å². The molecule has 0 heterocycles. The largest absolute Gasteiger partial charge is 0.480 e. The van der Waals surface area contributed by atoms with E-state index < -0.39 is 23.3 Å². The minimum atomic E-state index is -1.67. The molecule has 1 unspecified atom stereocenters. The minimum Gasteiger partial charge on any atom is -0.480 e. The zero-order valence-corrected chi connectivity index (χ0v) is 13.7. The lowest BCUT2D eigenvalue weighted by molar-refractivity contribution is -0.172. The summed E-state index contributed by atoms with van der Waals surface area (Å²) in [7, 11) is 0. The lowest BCUT2D eigenvalue weighted by Gasteiger charge is -2.31. The molecule has 1 aromatic rings. The van der Waals surface area contributed by atoms with Crippen molar-refractivity contribution >= 4 is 35.1 Å². The van der Waals surface area contributed by atoms with Crippen LogP contribution in [-0.2, 0) is 20.7 Å². The molecule has 0 aromatic heterocycles. The summed E-state index contributed by atoms with van der Waals surface area (Å²) in [6.07, 6.45) is -0.0468. The molecule has 1 N–H and O–H groups in total. The highest BCUT2D eigenvalue weighted by Crippen LogP contribution is 2.36. The zero-order chi connectivity index (χ0) is 16.2. The van der Waals surface area contributed by atoms with Crippen LogP contribution in [0.15, 0.2) is 18.2 Å². The fourth-order valence-corrected chi connectivity index (χ4v) is 2.62. The Labute approximate surface area is 134 Å². The van der Waals surface area contributed by atoms with E-state index in [2.05, 4.69) is 0 Å². The zero-order valence-electron chi connectivity index (χ0n) is 12.2. The molecule has 21 heavy (non-hydrogen) atoms. The molecule has 0 radical (unpaired) electrons. The first kappa shape index (κ1) is 17.8. The fourth-order valence-electron chi connectivity index (χ4n) is 2.15. The van der Waals surface area contributed by atoms with Crippen molar-refractivity contribution in [3.63, 3.8) is 0 Å². The van der Waals surface area contributed by atoms with Gasteiger partial charge in [-0.3, -0.25) is 9.59 Å². The second kappa shape index (κ2) is 7.14. The molecular formula is C15H18Cl2O4.